The van der Waals surface area contributed by atoms with E-state index < -0.39 is 5.97 Å². The number of aromatic nitrogens is 1. The number of anilines is 1. The second-order valence-electron chi connectivity index (χ2n) is 5.47. The largest absolute Gasteiger partial charge is 0.478 e. The fourth-order valence-electron chi connectivity index (χ4n) is 2.80. The number of carboxylic acid groups (broad SMARTS) is 1. The molecule has 0 aromatic carbocycles. The molecule has 1 aliphatic carbocycles. The number of rotatable bonds is 4. The van der Waals surface area contributed by atoms with Crippen LogP contribution >= 0.6 is 0 Å². The highest BCUT2D eigenvalue weighted by Gasteiger charge is 2.21. The van der Waals surface area contributed by atoms with E-state index in [2.05, 4.69) is 4.98 Å². The molecule has 0 aliphatic heterocycles. The molecule has 110 valence electrons. The summed E-state index contributed by atoms with van der Waals surface area (Å²) in [6, 6.07) is 3.67. The first-order valence-corrected chi connectivity index (χ1v) is 7.13. The monoisotopic (exact) mass is 286 g/mol. The highest BCUT2D eigenvalue weighted by molar-refractivity contribution is 5.93. The van der Waals surface area contributed by atoms with E-state index in [-0.39, 0.29) is 5.56 Å². The van der Waals surface area contributed by atoms with Crippen molar-refractivity contribution < 1.29 is 14.3 Å². The van der Waals surface area contributed by atoms with Gasteiger partial charge in [0.1, 0.15) is 11.4 Å². The summed E-state index contributed by atoms with van der Waals surface area (Å²) >= 11 is 0. The average molecular weight is 286 g/mol. The van der Waals surface area contributed by atoms with E-state index in [9.17, 15) is 9.90 Å². The molecule has 5 heteroatoms. The fraction of sp³-hybridized carbons (Fsp3) is 0.375. The minimum Gasteiger partial charge on any atom is -0.478 e. The van der Waals surface area contributed by atoms with Gasteiger partial charge in [0.15, 0.2) is 0 Å². The molecule has 0 saturated carbocycles. The Bertz CT molecular complexity index is 650. The zero-order valence-electron chi connectivity index (χ0n) is 12.0. The molecule has 0 fully saturated rings. The Balaban J connectivity index is 1.97. The second-order valence-corrected chi connectivity index (χ2v) is 5.47. The van der Waals surface area contributed by atoms with Gasteiger partial charge in [0, 0.05) is 24.8 Å². The predicted octanol–water partition coefficient (Wildman–Crippen LogP) is 2.89. The summed E-state index contributed by atoms with van der Waals surface area (Å²) in [4.78, 5) is 18.0. The van der Waals surface area contributed by atoms with Gasteiger partial charge in [0.2, 0.25) is 0 Å². The molecule has 0 bridgehead atoms. The third-order valence-corrected chi connectivity index (χ3v) is 3.87. The van der Waals surface area contributed by atoms with E-state index in [0.717, 1.165) is 42.5 Å². The molecule has 2 aromatic rings. The van der Waals surface area contributed by atoms with Crippen molar-refractivity contribution in [2.75, 3.05) is 11.9 Å². The van der Waals surface area contributed by atoms with Crippen molar-refractivity contribution in [1.82, 2.24) is 4.98 Å². The van der Waals surface area contributed by atoms with Gasteiger partial charge in [-0.15, -0.1) is 0 Å². The first-order chi connectivity index (χ1) is 10.1. The van der Waals surface area contributed by atoms with Gasteiger partial charge in [-0.1, -0.05) is 0 Å². The molecule has 0 spiro atoms. The van der Waals surface area contributed by atoms with E-state index in [0.29, 0.717) is 12.4 Å². The number of hydrogen-bond donors (Lipinski definition) is 1. The number of carbonyl (C=O) groups is 1. The van der Waals surface area contributed by atoms with E-state index in [1.54, 1.807) is 18.6 Å². The number of aryl methyl sites for hydroxylation is 2. The molecule has 0 radical (unpaired) electrons. The summed E-state index contributed by atoms with van der Waals surface area (Å²) in [5, 5.41) is 9.46. The quantitative estimate of drug-likeness (QED) is 0.936. The number of carboxylic acids is 1. The molecule has 0 amide bonds. The molecule has 3 rings (SSSR count). The Morgan fingerprint density at radius 1 is 1.43 bits per heavy atom. The standard InChI is InChI=1S/C16H18N2O3/c1-18(9-11-6-7-21-10-11)15-13(16(19)20)8-12-4-2-3-5-14(12)17-15/h6-8,10H,2-5,9H2,1H3,(H,19,20). The second kappa shape index (κ2) is 5.60. The van der Waals surface area contributed by atoms with Gasteiger partial charge in [-0.05, 0) is 43.4 Å². The first kappa shape index (κ1) is 13.7. The van der Waals surface area contributed by atoms with Gasteiger partial charge in [-0.2, -0.15) is 0 Å². The third-order valence-electron chi connectivity index (χ3n) is 3.87. The average Bonchev–Trinajstić information content (AvgIpc) is 2.98. The Morgan fingerprint density at radius 2 is 2.24 bits per heavy atom. The lowest BCUT2D eigenvalue weighted by Crippen LogP contribution is -2.22. The van der Waals surface area contributed by atoms with Crippen molar-refractivity contribution in [3.8, 4) is 0 Å². The maximum atomic E-state index is 11.5. The van der Waals surface area contributed by atoms with Crippen LogP contribution in [0.1, 0.15) is 40.0 Å². The highest BCUT2D eigenvalue weighted by atomic mass is 16.4. The normalized spacial score (nSPS) is 13.8. The van der Waals surface area contributed by atoms with Crippen LogP contribution in [-0.2, 0) is 19.4 Å². The summed E-state index contributed by atoms with van der Waals surface area (Å²) in [5.41, 5.74) is 3.40. The van der Waals surface area contributed by atoms with Crippen LogP contribution in [0.25, 0.3) is 0 Å². The Kier molecular flexibility index (Phi) is 3.64. The number of fused-ring (bicyclic) bond motifs is 1. The number of aromatic carboxylic acids is 1. The van der Waals surface area contributed by atoms with Crippen molar-refractivity contribution in [2.45, 2.75) is 32.2 Å². The zero-order chi connectivity index (χ0) is 14.8. The van der Waals surface area contributed by atoms with Crippen LogP contribution in [0.4, 0.5) is 5.82 Å². The van der Waals surface area contributed by atoms with Gasteiger partial charge >= 0.3 is 5.97 Å². The summed E-state index contributed by atoms with van der Waals surface area (Å²) in [6.45, 7) is 0.572. The molecule has 21 heavy (non-hydrogen) atoms. The van der Waals surface area contributed by atoms with Crippen LogP contribution in [0, 0.1) is 0 Å². The van der Waals surface area contributed by atoms with Crippen LogP contribution in [0.5, 0.6) is 0 Å². The van der Waals surface area contributed by atoms with E-state index in [4.69, 9.17) is 4.42 Å². The van der Waals surface area contributed by atoms with Crippen molar-refractivity contribution in [2.24, 2.45) is 0 Å². The van der Waals surface area contributed by atoms with Gasteiger partial charge in [-0.25, -0.2) is 9.78 Å². The van der Waals surface area contributed by atoms with Crippen molar-refractivity contribution >= 4 is 11.8 Å². The van der Waals surface area contributed by atoms with Crippen molar-refractivity contribution in [3.05, 3.63) is 47.0 Å². The number of hydrogen-bond acceptors (Lipinski definition) is 4. The zero-order valence-corrected chi connectivity index (χ0v) is 12.0. The maximum absolute atomic E-state index is 11.5. The number of nitrogens with zero attached hydrogens (tertiary/aromatic N) is 2. The minimum atomic E-state index is -0.926. The lowest BCUT2D eigenvalue weighted by atomic mass is 9.94. The molecule has 0 atom stereocenters. The summed E-state index contributed by atoms with van der Waals surface area (Å²) < 4.78 is 5.06. The predicted molar refractivity (Wildman–Crippen MR) is 78.7 cm³/mol. The number of furan rings is 1. The molecule has 1 N–H and O–H groups in total. The molecule has 0 saturated heterocycles. The minimum absolute atomic E-state index is 0.279. The summed E-state index contributed by atoms with van der Waals surface area (Å²) in [7, 11) is 1.86. The van der Waals surface area contributed by atoms with Gasteiger partial charge in [0.05, 0.1) is 12.5 Å². The van der Waals surface area contributed by atoms with Crippen LogP contribution in [0.2, 0.25) is 0 Å². The van der Waals surface area contributed by atoms with Crippen LogP contribution < -0.4 is 4.90 Å². The summed E-state index contributed by atoms with van der Waals surface area (Å²) in [5.74, 6) is -0.394. The lowest BCUT2D eigenvalue weighted by molar-refractivity contribution is 0.0697. The van der Waals surface area contributed by atoms with Gasteiger partial charge in [0.25, 0.3) is 0 Å². The molecular formula is C16H18N2O3. The lowest BCUT2D eigenvalue weighted by Gasteiger charge is -2.23. The smallest absolute Gasteiger partial charge is 0.339 e. The highest BCUT2D eigenvalue weighted by Crippen LogP contribution is 2.27. The van der Waals surface area contributed by atoms with E-state index >= 15 is 0 Å². The van der Waals surface area contributed by atoms with Crippen molar-refractivity contribution in [1.29, 1.82) is 0 Å². The SMILES string of the molecule is CN(Cc1ccoc1)c1nc2c(cc1C(=O)O)CCCC2. The molecule has 0 unspecified atom stereocenters. The molecular weight excluding hydrogens is 268 g/mol. The van der Waals surface area contributed by atoms with E-state index in [1.807, 2.05) is 18.0 Å². The van der Waals surface area contributed by atoms with Crippen LogP contribution in [0.3, 0.4) is 0 Å². The molecule has 1 aliphatic rings. The topological polar surface area (TPSA) is 66.6 Å². The van der Waals surface area contributed by atoms with Crippen molar-refractivity contribution in [3.63, 3.8) is 0 Å². The maximum Gasteiger partial charge on any atom is 0.339 e. The molecule has 2 aromatic heterocycles. The third kappa shape index (κ3) is 2.77. The Hall–Kier alpha value is -2.30. The first-order valence-electron chi connectivity index (χ1n) is 7.13. The Labute approximate surface area is 123 Å². The van der Waals surface area contributed by atoms with Gasteiger partial charge in [-0.3, -0.25) is 0 Å². The molecule has 2 heterocycles. The number of pyridine rings is 1. The fourth-order valence-corrected chi connectivity index (χ4v) is 2.80. The van der Waals surface area contributed by atoms with Crippen LogP contribution in [-0.4, -0.2) is 23.1 Å². The Morgan fingerprint density at radius 3 is 2.95 bits per heavy atom. The van der Waals surface area contributed by atoms with Crippen LogP contribution in [0.15, 0.2) is 29.1 Å². The molecule has 5 nitrogen and oxygen atoms in total. The van der Waals surface area contributed by atoms with Gasteiger partial charge < -0.3 is 14.4 Å². The van der Waals surface area contributed by atoms with E-state index in [1.165, 1.54) is 0 Å². The summed E-state index contributed by atoms with van der Waals surface area (Å²) in [6.07, 6.45) is 7.36.